The predicted octanol–water partition coefficient (Wildman–Crippen LogP) is 5.02. The molecule has 0 radical (unpaired) electrons. The van der Waals surface area contributed by atoms with Crippen LogP contribution < -0.4 is 10.1 Å². The molecule has 0 bridgehead atoms. The molecule has 0 saturated carbocycles. The van der Waals surface area contributed by atoms with Crippen molar-refractivity contribution < 1.29 is 18.7 Å². The van der Waals surface area contributed by atoms with Gasteiger partial charge in [-0.1, -0.05) is 30.3 Å². The number of anilines is 1. The molecule has 0 spiro atoms. The first kappa shape index (κ1) is 21.6. The van der Waals surface area contributed by atoms with Crippen LogP contribution in [0.2, 0.25) is 0 Å². The molecule has 3 aromatic rings. The highest BCUT2D eigenvalue weighted by Gasteiger charge is 2.28. The maximum absolute atomic E-state index is 13.9. The van der Waals surface area contributed by atoms with Gasteiger partial charge in [-0.25, -0.2) is 4.39 Å². The van der Waals surface area contributed by atoms with Gasteiger partial charge < -0.3 is 15.0 Å². The fourth-order valence-corrected chi connectivity index (χ4v) is 4.00. The van der Waals surface area contributed by atoms with E-state index in [1.54, 1.807) is 31.4 Å². The molecule has 4 rings (SSSR count). The van der Waals surface area contributed by atoms with Crippen LogP contribution in [0, 0.1) is 12.7 Å². The molecule has 1 aliphatic heterocycles. The quantitative estimate of drug-likeness (QED) is 0.616. The van der Waals surface area contributed by atoms with E-state index < -0.39 is 11.7 Å². The number of hydrogen-bond acceptors (Lipinski definition) is 3. The molecular weight excluding hydrogens is 407 g/mol. The van der Waals surface area contributed by atoms with Crippen molar-refractivity contribution in [3.05, 3.63) is 94.8 Å². The number of amides is 2. The van der Waals surface area contributed by atoms with Crippen molar-refractivity contribution in [1.29, 1.82) is 0 Å². The Bertz CT molecular complexity index is 1140. The molecule has 1 heterocycles. The molecule has 1 unspecified atom stereocenters. The highest BCUT2D eigenvalue weighted by molar-refractivity contribution is 6.05. The van der Waals surface area contributed by atoms with Crippen LogP contribution in [-0.2, 0) is 0 Å². The molecular formula is C26H25FN2O3. The number of methoxy groups -OCH3 is 1. The van der Waals surface area contributed by atoms with E-state index in [1.165, 1.54) is 23.8 Å². The van der Waals surface area contributed by atoms with Crippen LogP contribution >= 0.6 is 0 Å². The molecule has 5 nitrogen and oxygen atoms in total. The van der Waals surface area contributed by atoms with Gasteiger partial charge in [0.1, 0.15) is 11.6 Å². The van der Waals surface area contributed by atoms with Crippen LogP contribution in [0.15, 0.2) is 66.7 Å². The first-order chi connectivity index (χ1) is 15.5. The minimum atomic E-state index is -0.587. The van der Waals surface area contributed by atoms with Gasteiger partial charge >= 0.3 is 0 Å². The maximum atomic E-state index is 13.9. The zero-order valence-corrected chi connectivity index (χ0v) is 18.1. The Morgan fingerprint density at radius 3 is 2.53 bits per heavy atom. The highest BCUT2D eigenvalue weighted by Crippen LogP contribution is 2.30. The third-order valence-electron chi connectivity index (χ3n) is 5.91. The van der Waals surface area contributed by atoms with Crippen LogP contribution in [0.4, 0.5) is 10.1 Å². The van der Waals surface area contributed by atoms with Gasteiger partial charge in [0.2, 0.25) is 0 Å². The SMILES string of the molecule is COc1ccc(C2CCN(C(=O)c3ccc(C)c(NC(=O)c4ccccc4F)c3)C2)cc1. The Balaban J connectivity index is 1.47. The van der Waals surface area contributed by atoms with Gasteiger partial charge in [0.25, 0.3) is 11.8 Å². The third-order valence-corrected chi connectivity index (χ3v) is 5.91. The van der Waals surface area contributed by atoms with Crippen LogP contribution in [0.1, 0.15) is 44.2 Å². The van der Waals surface area contributed by atoms with Crippen molar-refractivity contribution in [2.45, 2.75) is 19.3 Å². The second-order valence-corrected chi connectivity index (χ2v) is 7.97. The van der Waals surface area contributed by atoms with Gasteiger partial charge in [0.15, 0.2) is 0 Å². The van der Waals surface area contributed by atoms with E-state index in [1.807, 2.05) is 36.1 Å². The summed E-state index contributed by atoms with van der Waals surface area (Å²) in [6, 6.07) is 19.0. The zero-order valence-electron chi connectivity index (χ0n) is 18.1. The van der Waals surface area contributed by atoms with E-state index >= 15 is 0 Å². The molecule has 6 heteroatoms. The van der Waals surface area contributed by atoms with Crippen molar-refractivity contribution in [3.63, 3.8) is 0 Å². The summed E-state index contributed by atoms with van der Waals surface area (Å²) in [7, 11) is 1.64. The number of rotatable bonds is 5. The van der Waals surface area contributed by atoms with Gasteiger partial charge in [-0.2, -0.15) is 0 Å². The molecule has 0 aliphatic carbocycles. The van der Waals surface area contributed by atoms with Gasteiger partial charge in [-0.3, -0.25) is 9.59 Å². The number of ether oxygens (including phenoxy) is 1. The van der Waals surface area contributed by atoms with Gasteiger partial charge in [-0.15, -0.1) is 0 Å². The average Bonchev–Trinajstić information content (AvgIpc) is 3.30. The normalized spacial score (nSPS) is 15.5. The summed E-state index contributed by atoms with van der Waals surface area (Å²) in [6.45, 7) is 3.14. The molecule has 0 aromatic heterocycles. The topological polar surface area (TPSA) is 58.6 Å². The number of carbonyl (C=O) groups excluding carboxylic acids is 2. The molecule has 1 atom stereocenters. The van der Waals surface area contributed by atoms with E-state index in [2.05, 4.69) is 5.32 Å². The highest BCUT2D eigenvalue weighted by atomic mass is 19.1. The van der Waals surface area contributed by atoms with Crippen molar-refractivity contribution >= 4 is 17.5 Å². The molecule has 1 N–H and O–H groups in total. The summed E-state index contributed by atoms with van der Waals surface area (Å²) in [4.78, 5) is 27.5. The molecule has 32 heavy (non-hydrogen) atoms. The van der Waals surface area contributed by atoms with E-state index in [-0.39, 0.29) is 17.4 Å². The summed E-state index contributed by atoms with van der Waals surface area (Å²) >= 11 is 0. The summed E-state index contributed by atoms with van der Waals surface area (Å²) in [5.74, 6) is -0.129. The summed E-state index contributed by atoms with van der Waals surface area (Å²) < 4.78 is 19.2. The lowest BCUT2D eigenvalue weighted by Gasteiger charge is -2.18. The first-order valence-electron chi connectivity index (χ1n) is 10.6. The standard InChI is InChI=1S/C26H25FN2O3/c1-17-7-8-19(15-24(17)28-25(30)22-5-3-4-6-23(22)27)26(31)29-14-13-20(16-29)18-9-11-21(32-2)12-10-18/h3-12,15,20H,13-14,16H2,1-2H3,(H,28,30). The van der Waals surface area contributed by atoms with E-state index in [0.29, 0.717) is 24.3 Å². The second-order valence-electron chi connectivity index (χ2n) is 7.97. The fraction of sp³-hybridized carbons (Fsp3) is 0.231. The number of likely N-dealkylation sites (tertiary alicyclic amines) is 1. The summed E-state index contributed by atoms with van der Waals surface area (Å²) in [5, 5.41) is 2.74. The van der Waals surface area contributed by atoms with E-state index in [0.717, 1.165) is 17.7 Å². The van der Waals surface area contributed by atoms with Crippen molar-refractivity contribution in [3.8, 4) is 5.75 Å². The van der Waals surface area contributed by atoms with Crippen molar-refractivity contribution in [1.82, 2.24) is 4.90 Å². The maximum Gasteiger partial charge on any atom is 0.258 e. The number of nitrogens with zero attached hydrogens (tertiary/aromatic N) is 1. The van der Waals surface area contributed by atoms with E-state index in [9.17, 15) is 14.0 Å². The fourth-order valence-electron chi connectivity index (χ4n) is 4.00. The Hall–Kier alpha value is -3.67. The van der Waals surface area contributed by atoms with Crippen molar-refractivity contribution in [2.75, 3.05) is 25.5 Å². The molecule has 2 amide bonds. The van der Waals surface area contributed by atoms with Crippen LogP contribution in [0.3, 0.4) is 0 Å². The lowest BCUT2D eigenvalue weighted by molar-refractivity contribution is 0.0790. The lowest BCUT2D eigenvalue weighted by Crippen LogP contribution is -2.28. The number of hydrogen-bond donors (Lipinski definition) is 1. The molecule has 1 aliphatic rings. The molecule has 3 aromatic carbocycles. The number of halogens is 1. The van der Waals surface area contributed by atoms with Crippen LogP contribution in [0.25, 0.3) is 0 Å². The number of nitrogens with one attached hydrogen (secondary N) is 1. The minimum absolute atomic E-state index is 0.0366. The predicted molar refractivity (Wildman–Crippen MR) is 122 cm³/mol. The summed E-state index contributed by atoms with van der Waals surface area (Å²) in [5.41, 5.74) is 2.93. The summed E-state index contributed by atoms with van der Waals surface area (Å²) in [6.07, 6.45) is 0.890. The third kappa shape index (κ3) is 4.49. The van der Waals surface area contributed by atoms with Gasteiger partial charge in [0, 0.05) is 30.3 Å². The monoisotopic (exact) mass is 432 g/mol. The van der Waals surface area contributed by atoms with E-state index in [4.69, 9.17) is 4.74 Å². The van der Waals surface area contributed by atoms with Crippen LogP contribution in [-0.4, -0.2) is 36.9 Å². The van der Waals surface area contributed by atoms with Gasteiger partial charge in [-0.05, 0) is 60.9 Å². The Morgan fingerprint density at radius 2 is 1.81 bits per heavy atom. The Kier molecular flexibility index (Phi) is 6.21. The molecule has 1 fully saturated rings. The Morgan fingerprint density at radius 1 is 1.06 bits per heavy atom. The van der Waals surface area contributed by atoms with Crippen LogP contribution in [0.5, 0.6) is 5.75 Å². The second kappa shape index (κ2) is 9.22. The van der Waals surface area contributed by atoms with Gasteiger partial charge in [0.05, 0.1) is 12.7 Å². The zero-order chi connectivity index (χ0) is 22.7. The minimum Gasteiger partial charge on any atom is -0.497 e. The average molecular weight is 432 g/mol. The number of aryl methyl sites for hydroxylation is 1. The Labute approximate surface area is 186 Å². The largest absolute Gasteiger partial charge is 0.497 e. The number of carbonyl (C=O) groups is 2. The molecule has 164 valence electrons. The number of benzene rings is 3. The molecule has 1 saturated heterocycles. The van der Waals surface area contributed by atoms with Crippen molar-refractivity contribution in [2.24, 2.45) is 0 Å². The lowest BCUT2D eigenvalue weighted by atomic mass is 9.98. The first-order valence-corrected chi connectivity index (χ1v) is 10.6. The smallest absolute Gasteiger partial charge is 0.258 e.